The van der Waals surface area contributed by atoms with Crippen molar-refractivity contribution in [3.8, 4) is 11.8 Å². The van der Waals surface area contributed by atoms with Crippen molar-refractivity contribution in [3.63, 3.8) is 0 Å². The zero-order valence-electron chi connectivity index (χ0n) is 16.5. The molecule has 9 nitrogen and oxygen atoms in total. The van der Waals surface area contributed by atoms with Crippen LogP contribution in [0.15, 0.2) is 58.5 Å². The highest BCUT2D eigenvalue weighted by molar-refractivity contribution is 7.89. The van der Waals surface area contributed by atoms with Gasteiger partial charge < -0.3 is 4.90 Å². The number of pyridine rings is 1. The molecule has 1 aliphatic rings. The van der Waals surface area contributed by atoms with Gasteiger partial charge in [-0.05, 0) is 36.4 Å². The number of piperazine rings is 1. The van der Waals surface area contributed by atoms with Crippen molar-refractivity contribution in [2.24, 2.45) is 0 Å². The highest BCUT2D eigenvalue weighted by Gasteiger charge is 2.29. The van der Waals surface area contributed by atoms with E-state index >= 15 is 0 Å². The smallest absolute Gasteiger partial charge is 0.291 e. The average Bonchev–Trinajstić information content (AvgIpc) is 2.83. The predicted molar refractivity (Wildman–Crippen MR) is 120 cm³/mol. The quantitative estimate of drug-likeness (QED) is 0.551. The number of aromatic nitrogens is 3. The summed E-state index contributed by atoms with van der Waals surface area (Å²) in [6.45, 7) is 1.44. The molecule has 0 radical (unpaired) electrons. The van der Waals surface area contributed by atoms with Gasteiger partial charge in [-0.3, -0.25) is 4.79 Å². The topological polar surface area (TPSA) is 112 Å². The van der Waals surface area contributed by atoms with Crippen LogP contribution in [0, 0.1) is 11.3 Å². The second-order valence-corrected chi connectivity index (χ2v) is 9.65. The van der Waals surface area contributed by atoms with Crippen molar-refractivity contribution < 1.29 is 8.42 Å². The minimum absolute atomic E-state index is 0.0424. The minimum atomic E-state index is -3.73. The van der Waals surface area contributed by atoms with Gasteiger partial charge in [0.1, 0.15) is 10.8 Å². The van der Waals surface area contributed by atoms with E-state index in [0.29, 0.717) is 30.2 Å². The first-order valence-corrected chi connectivity index (χ1v) is 11.7. The molecule has 0 bridgehead atoms. The lowest BCUT2D eigenvalue weighted by atomic mass is 10.2. The van der Waals surface area contributed by atoms with Gasteiger partial charge in [0.25, 0.3) is 5.56 Å². The zero-order valence-corrected chi connectivity index (χ0v) is 18.8. The molecule has 0 amide bonds. The van der Waals surface area contributed by atoms with Crippen molar-refractivity contribution in [1.29, 1.82) is 5.26 Å². The van der Waals surface area contributed by atoms with E-state index in [4.69, 9.17) is 28.5 Å². The van der Waals surface area contributed by atoms with Crippen LogP contribution in [0.3, 0.4) is 0 Å². The van der Waals surface area contributed by atoms with Crippen LogP contribution in [-0.4, -0.2) is 53.7 Å². The molecule has 1 fully saturated rings. The number of nitriles is 1. The fourth-order valence-electron chi connectivity index (χ4n) is 3.32. The Hall–Kier alpha value is -2.97. The predicted octanol–water partition coefficient (Wildman–Crippen LogP) is 2.32. The Morgan fingerprint density at radius 1 is 1.03 bits per heavy atom. The van der Waals surface area contributed by atoms with Crippen molar-refractivity contribution in [3.05, 3.63) is 74.8 Å². The number of nitrogens with zero attached hydrogens (tertiary/aromatic N) is 6. The van der Waals surface area contributed by atoms with Crippen LogP contribution >= 0.6 is 23.2 Å². The van der Waals surface area contributed by atoms with E-state index in [1.54, 1.807) is 18.3 Å². The Kier molecular flexibility index (Phi) is 6.17. The number of hydrogen-bond acceptors (Lipinski definition) is 7. The Balaban J connectivity index is 1.50. The van der Waals surface area contributed by atoms with Crippen molar-refractivity contribution in [2.75, 3.05) is 31.1 Å². The number of hydrogen-bond donors (Lipinski definition) is 0. The van der Waals surface area contributed by atoms with Crippen LogP contribution in [0.2, 0.25) is 10.0 Å². The summed E-state index contributed by atoms with van der Waals surface area (Å²) in [4.78, 5) is 18.6. The van der Waals surface area contributed by atoms with E-state index in [1.165, 1.54) is 34.8 Å². The Morgan fingerprint density at radius 3 is 2.38 bits per heavy atom. The molecule has 0 spiro atoms. The summed E-state index contributed by atoms with van der Waals surface area (Å²) >= 11 is 11.7. The van der Waals surface area contributed by atoms with Gasteiger partial charge in [-0.1, -0.05) is 23.2 Å². The standard InChI is InChI=1S/C20H16Cl2N6O3S/c21-17-13-25-28(20(29)19(17)22)15-1-3-16(4-2-15)32(30,31)27-9-7-26(8-10-27)18-11-14(12-23)5-6-24-18/h1-6,11,13H,7-10H2. The Bertz CT molecular complexity index is 1360. The molecule has 1 aliphatic heterocycles. The molecule has 0 unspecified atom stereocenters. The number of anilines is 1. The molecule has 32 heavy (non-hydrogen) atoms. The van der Waals surface area contributed by atoms with Gasteiger partial charge in [0.05, 0.1) is 33.4 Å². The third kappa shape index (κ3) is 4.20. The third-order valence-electron chi connectivity index (χ3n) is 5.03. The molecule has 0 saturated carbocycles. The SMILES string of the molecule is N#Cc1ccnc(N2CCN(S(=O)(=O)c3ccc(-n4ncc(Cl)c(Cl)c4=O)cc3)CC2)c1. The number of sulfonamides is 1. The highest BCUT2D eigenvalue weighted by Crippen LogP contribution is 2.22. The summed E-state index contributed by atoms with van der Waals surface area (Å²) in [5.74, 6) is 0.644. The van der Waals surface area contributed by atoms with E-state index in [0.717, 1.165) is 4.68 Å². The summed E-state index contributed by atoms with van der Waals surface area (Å²) in [5, 5.41) is 12.9. The Morgan fingerprint density at radius 2 is 1.72 bits per heavy atom. The maximum atomic E-state index is 13.1. The van der Waals surface area contributed by atoms with Crippen LogP contribution in [-0.2, 0) is 10.0 Å². The number of benzene rings is 1. The zero-order chi connectivity index (χ0) is 22.9. The van der Waals surface area contributed by atoms with E-state index < -0.39 is 15.6 Å². The fraction of sp³-hybridized carbons (Fsp3) is 0.200. The van der Waals surface area contributed by atoms with Crippen molar-refractivity contribution in [1.82, 2.24) is 19.1 Å². The third-order valence-corrected chi connectivity index (χ3v) is 7.69. The number of halogens is 2. The van der Waals surface area contributed by atoms with Crippen LogP contribution < -0.4 is 10.5 Å². The van der Waals surface area contributed by atoms with Gasteiger partial charge in [0, 0.05) is 32.4 Å². The summed E-state index contributed by atoms with van der Waals surface area (Å²) in [6, 6.07) is 11.2. The average molecular weight is 491 g/mol. The van der Waals surface area contributed by atoms with Crippen molar-refractivity contribution >= 4 is 39.0 Å². The van der Waals surface area contributed by atoms with Gasteiger partial charge >= 0.3 is 0 Å². The minimum Gasteiger partial charge on any atom is -0.354 e. The van der Waals surface area contributed by atoms with E-state index in [1.807, 2.05) is 4.90 Å². The molecule has 12 heteroatoms. The van der Waals surface area contributed by atoms with Gasteiger partial charge in [0.2, 0.25) is 10.0 Å². The monoisotopic (exact) mass is 490 g/mol. The molecule has 4 rings (SSSR count). The van der Waals surface area contributed by atoms with E-state index in [2.05, 4.69) is 16.2 Å². The fourth-order valence-corrected chi connectivity index (χ4v) is 5.00. The lowest BCUT2D eigenvalue weighted by molar-refractivity contribution is 0.384. The first-order chi connectivity index (χ1) is 15.3. The molecule has 0 N–H and O–H groups in total. The maximum absolute atomic E-state index is 13.1. The highest BCUT2D eigenvalue weighted by atomic mass is 35.5. The molecular formula is C20H16Cl2N6O3S. The number of rotatable bonds is 4. The molecule has 0 atom stereocenters. The molecule has 1 saturated heterocycles. The molecule has 3 heterocycles. The second-order valence-electron chi connectivity index (χ2n) is 6.92. The largest absolute Gasteiger partial charge is 0.354 e. The van der Waals surface area contributed by atoms with Gasteiger partial charge in [-0.2, -0.15) is 19.3 Å². The maximum Gasteiger partial charge on any atom is 0.291 e. The summed E-state index contributed by atoms with van der Waals surface area (Å²) in [7, 11) is -3.73. The summed E-state index contributed by atoms with van der Waals surface area (Å²) in [5.41, 5.74) is 0.265. The van der Waals surface area contributed by atoms with Crippen LogP contribution in [0.1, 0.15) is 5.56 Å². The molecule has 3 aromatic rings. The lowest BCUT2D eigenvalue weighted by Gasteiger charge is -2.34. The van der Waals surface area contributed by atoms with Crippen LogP contribution in [0.5, 0.6) is 0 Å². The summed E-state index contributed by atoms with van der Waals surface area (Å²) < 4.78 is 28.6. The molecule has 2 aromatic heterocycles. The van der Waals surface area contributed by atoms with E-state index in [-0.39, 0.29) is 28.0 Å². The molecule has 1 aromatic carbocycles. The molecular weight excluding hydrogens is 475 g/mol. The van der Waals surface area contributed by atoms with Crippen molar-refractivity contribution in [2.45, 2.75) is 4.90 Å². The van der Waals surface area contributed by atoms with E-state index in [9.17, 15) is 13.2 Å². The second kappa shape index (κ2) is 8.88. The Labute approximate surface area is 194 Å². The normalized spacial score (nSPS) is 14.8. The van der Waals surface area contributed by atoms with Crippen LogP contribution in [0.25, 0.3) is 5.69 Å². The molecule has 0 aliphatic carbocycles. The first-order valence-electron chi connectivity index (χ1n) is 9.46. The lowest BCUT2D eigenvalue weighted by Crippen LogP contribution is -2.48. The van der Waals surface area contributed by atoms with Gasteiger partial charge in [-0.15, -0.1) is 0 Å². The van der Waals surface area contributed by atoms with Gasteiger partial charge in [0.15, 0.2) is 0 Å². The summed E-state index contributed by atoms with van der Waals surface area (Å²) in [6.07, 6.45) is 2.81. The van der Waals surface area contributed by atoms with Gasteiger partial charge in [-0.25, -0.2) is 13.4 Å². The molecule has 164 valence electrons. The first kappa shape index (κ1) is 22.2. The van der Waals surface area contributed by atoms with Crippen LogP contribution in [0.4, 0.5) is 5.82 Å².